The zero-order valence-electron chi connectivity index (χ0n) is 12.8. The summed E-state index contributed by atoms with van der Waals surface area (Å²) < 4.78 is 12.9. The molecule has 1 heterocycles. The van der Waals surface area contributed by atoms with Crippen LogP contribution in [0.2, 0.25) is 0 Å². The largest absolute Gasteiger partial charge is 0.355 e. The van der Waals surface area contributed by atoms with Crippen LogP contribution in [-0.2, 0) is 11.3 Å². The Kier molecular flexibility index (Phi) is 6.03. The molecule has 0 fully saturated rings. The average Bonchev–Trinajstić information content (AvgIpc) is 2.96. The fourth-order valence-electron chi connectivity index (χ4n) is 2.07. The summed E-state index contributed by atoms with van der Waals surface area (Å²) in [6.07, 6.45) is 0. The molecule has 0 atom stereocenters. The van der Waals surface area contributed by atoms with Crippen LogP contribution < -0.4 is 5.32 Å². The number of carbonyl (C=O) groups is 1. The number of halogens is 1. The number of aromatic nitrogens is 1. The van der Waals surface area contributed by atoms with E-state index in [0.29, 0.717) is 19.6 Å². The second-order valence-corrected chi connectivity index (χ2v) is 5.77. The summed E-state index contributed by atoms with van der Waals surface area (Å²) in [5, 5.41) is 5.65. The lowest BCUT2D eigenvalue weighted by molar-refractivity contribution is -0.122. The van der Waals surface area contributed by atoms with Gasteiger partial charge in [0.05, 0.1) is 12.2 Å². The molecule has 118 valence electrons. The summed E-state index contributed by atoms with van der Waals surface area (Å²) in [5.41, 5.74) is 1.83. The van der Waals surface area contributed by atoms with Crippen molar-refractivity contribution in [2.45, 2.75) is 20.4 Å². The van der Waals surface area contributed by atoms with Crippen LogP contribution in [0, 0.1) is 5.82 Å². The van der Waals surface area contributed by atoms with Crippen LogP contribution in [0.4, 0.5) is 4.39 Å². The van der Waals surface area contributed by atoms with Crippen LogP contribution in [0.25, 0.3) is 10.6 Å². The van der Waals surface area contributed by atoms with Crippen molar-refractivity contribution in [1.82, 2.24) is 15.2 Å². The summed E-state index contributed by atoms with van der Waals surface area (Å²) >= 11 is 1.53. The quantitative estimate of drug-likeness (QED) is 0.853. The van der Waals surface area contributed by atoms with Crippen molar-refractivity contribution in [1.29, 1.82) is 0 Å². The SMILES string of the molecule is CCNC(=O)CN(CC)Cc1csc(-c2ccc(F)cc2)n1. The van der Waals surface area contributed by atoms with E-state index in [-0.39, 0.29) is 11.7 Å². The van der Waals surface area contributed by atoms with Gasteiger partial charge in [-0.05, 0) is 37.7 Å². The van der Waals surface area contributed by atoms with Gasteiger partial charge in [0.1, 0.15) is 10.8 Å². The molecule has 1 aromatic heterocycles. The maximum absolute atomic E-state index is 12.9. The second kappa shape index (κ2) is 8.00. The van der Waals surface area contributed by atoms with Gasteiger partial charge in [-0.15, -0.1) is 11.3 Å². The van der Waals surface area contributed by atoms with E-state index in [1.54, 1.807) is 12.1 Å². The second-order valence-electron chi connectivity index (χ2n) is 4.91. The van der Waals surface area contributed by atoms with E-state index in [9.17, 15) is 9.18 Å². The average molecular weight is 321 g/mol. The van der Waals surface area contributed by atoms with Crippen LogP contribution in [0.5, 0.6) is 0 Å². The minimum absolute atomic E-state index is 0.0262. The molecule has 0 saturated heterocycles. The van der Waals surface area contributed by atoms with Crippen LogP contribution >= 0.6 is 11.3 Å². The van der Waals surface area contributed by atoms with Gasteiger partial charge in [0.15, 0.2) is 0 Å². The van der Waals surface area contributed by atoms with Crippen molar-refractivity contribution in [2.24, 2.45) is 0 Å². The first-order chi connectivity index (χ1) is 10.6. The van der Waals surface area contributed by atoms with Crippen LogP contribution in [0.1, 0.15) is 19.5 Å². The summed E-state index contributed by atoms with van der Waals surface area (Å²) in [4.78, 5) is 18.3. The number of carbonyl (C=O) groups excluding carboxylic acids is 1. The van der Waals surface area contributed by atoms with Crippen molar-refractivity contribution >= 4 is 17.2 Å². The lowest BCUT2D eigenvalue weighted by Crippen LogP contribution is -2.36. The molecule has 4 nitrogen and oxygen atoms in total. The number of hydrogen-bond acceptors (Lipinski definition) is 4. The Bertz CT molecular complexity index is 612. The third kappa shape index (κ3) is 4.61. The molecule has 0 aliphatic carbocycles. The van der Waals surface area contributed by atoms with E-state index in [0.717, 1.165) is 22.8 Å². The lowest BCUT2D eigenvalue weighted by atomic mass is 10.2. The monoisotopic (exact) mass is 321 g/mol. The Labute approximate surface area is 134 Å². The van der Waals surface area contributed by atoms with Crippen LogP contribution in [0.3, 0.4) is 0 Å². The van der Waals surface area contributed by atoms with Gasteiger partial charge in [0.25, 0.3) is 0 Å². The predicted molar refractivity (Wildman–Crippen MR) is 87.1 cm³/mol. The number of likely N-dealkylation sites (N-methyl/N-ethyl adjacent to an activating group) is 2. The fourth-order valence-corrected chi connectivity index (χ4v) is 2.89. The summed E-state index contributed by atoms with van der Waals surface area (Å²) in [6.45, 7) is 6.34. The minimum Gasteiger partial charge on any atom is -0.355 e. The first kappa shape index (κ1) is 16.6. The molecule has 2 aromatic rings. The molecule has 22 heavy (non-hydrogen) atoms. The van der Waals surface area contributed by atoms with E-state index in [1.807, 2.05) is 24.1 Å². The molecule has 1 N–H and O–H groups in total. The Balaban J connectivity index is 2.01. The molecule has 0 aliphatic rings. The Morgan fingerprint density at radius 3 is 2.68 bits per heavy atom. The number of nitrogens with one attached hydrogen (secondary N) is 1. The highest BCUT2D eigenvalue weighted by Gasteiger charge is 2.12. The third-order valence-electron chi connectivity index (χ3n) is 3.22. The summed E-state index contributed by atoms with van der Waals surface area (Å²) in [5.74, 6) is -0.224. The fraction of sp³-hybridized carbons (Fsp3) is 0.375. The van der Waals surface area contributed by atoms with Gasteiger partial charge in [0.2, 0.25) is 5.91 Å². The highest BCUT2D eigenvalue weighted by Crippen LogP contribution is 2.24. The number of hydrogen-bond donors (Lipinski definition) is 1. The topological polar surface area (TPSA) is 45.2 Å². The van der Waals surface area contributed by atoms with E-state index in [2.05, 4.69) is 10.3 Å². The first-order valence-corrected chi connectivity index (χ1v) is 8.19. The molecule has 0 spiro atoms. The van der Waals surface area contributed by atoms with Crippen molar-refractivity contribution in [3.8, 4) is 10.6 Å². The van der Waals surface area contributed by atoms with E-state index in [1.165, 1.54) is 23.5 Å². The van der Waals surface area contributed by atoms with Crippen molar-refractivity contribution in [2.75, 3.05) is 19.6 Å². The van der Waals surface area contributed by atoms with Crippen LogP contribution in [-0.4, -0.2) is 35.4 Å². The molecule has 1 amide bonds. The number of thiazole rings is 1. The summed E-state index contributed by atoms with van der Waals surface area (Å²) in [7, 11) is 0. The number of nitrogens with zero attached hydrogens (tertiary/aromatic N) is 2. The van der Waals surface area contributed by atoms with Crippen molar-refractivity contribution in [3.05, 3.63) is 41.2 Å². The van der Waals surface area contributed by atoms with Crippen LogP contribution in [0.15, 0.2) is 29.6 Å². The zero-order valence-corrected chi connectivity index (χ0v) is 13.6. The van der Waals surface area contributed by atoms with Gasteiger partial charge in [-0.25, -0.2) is 9.37 Å². The van der Waals surface area contributed by atoms with Gasteiger partial charge < -0.3 is 5.32 Å². The number of rotatable bonds is 7. The third-order valence-corrected chi connectivity index (χ3v) is 4.16. The molecule has 0 bridgehead atoms. The predicted octanol–water partition coefficient (Wildman–Crippen LogP) is 2.91. The summed E-state index contributed by atoms with van der Waals surface area (Å²) in [6, 6.07) is 6.32. The zero-order chi connectivity index (χ0) is 15.9. The maximum atomic E-state index is 12.9. The van der Waals surface area contributed by atoms with E-state index in [4.69, 9.17) is 0 Å². The van der Waals surface area contributed by atoms with Gasteiger partial charge in [-0.1, -0.05) is 6.92 Å². The molecule has 0 unspecified atom stereocenters. The molecular formula is C16H20FN3OS. The molecule has 0 saturated carbocycles. The standard InChI is InChI=1S/C16H20FN3OS/c1-3-18-15(21)10-20(4-2)9-14-11-22-16(19-14)12-5-7-13(17)8-6-12/h5-8,11H,3-4,9-10H2,1-2H3,(H,18,21). The smallest absolute Gasteiger partial charge is 0.234 e. The molecule has 6 heteroatoms. The lowest BCUT2D eigenvalue weighted by Gasteiger charge is -2.18. The Morgan fingerprint density at radius 1 is 1.32 bits per heavy atom. The van der Waals surface area contributed by atoms with Crippen molar-refractivity contribution in [3.63, 3.8) is 0 Å². The number of benzene rings is 1. The van der Waals surface area contributed by atoms with Gasteiger partial charge in [0, 0.05) is 24.0 Å². The molecule has 2 rings (SSSR count). The van der Waals surface area contributed by atoms with Gasteiger partial charge >= 0.3 is 0 Å². The number of amides is 1. The van der Waals surface area contributed by atoms with Gasteiger partial charge in [-0.3, -0.25) is 9.69 Å². The molecular weight excluding hydrogens is 301 g/mol. The molecule has 1 aromatic carbocycles. The Morgan fingerprint density at radius 2 is 2.05 bits per heavy atom. The molecule has 0 radical (unpaired) electrons. The molecule has 0 aliphatic heterocycles. The minimum atomic E-state index is -0.250. The highest BCUT2D eigenvalue weighted by atomic mass is 32.1. The highest BCUT2D eigenvalue weighted by molar-refractivity contribution is 7.13. The van der Waals surface area contributed by atoms with Gasteiger partial charge in [-0.2, -0.15) is 0 Å². The van der Waals surface area contributed by atoms with E-state index >= 15 is 0 Å². The first-order valence-electron chi connectivity index (χ1n) is 7.31. The van der Waals surface area contributed by atoms with Crippen molar-refractivity contribution < 1.29 is 9.18 Å². The van der Waals surface area contributed by atoms with E-state index < -0.39 is 0 Å². The Hall–Kier alpha value is -1.79. The normalized spacial score (nSPS) is 10.9. The maximum Gasteiger partial charge on any atom is 0.234 e.